The average Bonchev–Trinajstić information content (AvgIpc) is 2.58. The standard InChI is InChI=1S/C21H40O3/c1-2-3-4-5-6-7-8-9-10-11-12-13-14-15-16-17-20(23)18-21(24)19-22/h6-7,9-10,20-24H,2-5,8,11-19H2,1H3/t20-,21-/m1/s1. The maximum absolute atomic E-state index is 9.67. The van der Waals surface area contributed by atoms with Gasteiger partial charge in [0.25, 0.3) is 0 Å². The number of rotatable bonds is 17. The maximum Gasteiger partial charge on any atom is 0.0795 e. The topological polar surface area (TPSA) is 60.7 Å². The van der Waals surface area contributed by atoms with Gasteiger partial charge < -0.3 is 15.3 Å². The molecule has 24 heavy (non-hydrogen) atoms. The van der Waals surface area contributed by atoms with E-state index in [-0.39, 0.29) is 13.0 Å². The first kappa shape index (κ1) is 23.4. The second kappa shape index (κ2) is 18.7. The number of hydrogen-bond acceptors (Lipinski definition) is 3. The lowest BCUT2D eigenvalue weighted by Gasteiger charge is -2.13. The fourth-order valence-electron chi connectivity index (χ4n) is 2.70. The van der Waals surface area contributed by atoms with E-state index in [0.717, 1.165) is 32.1 Å². The summed E-state index contributed by atoms with van der Waals surface area (Å²) in [4.78, 5) is 0. The highest BCUT2D eigenvalue weighted by molar-refractivity contribution is 4.92. The molecule has 0 aromatic carbocycles. The highest BCUT2D eigenvalue weighted by atomic mass is 16.3. The molecule has 0 aromatic rings. The van der Waals surface area contributed by atoms with Crippen LogP contribution in [0.25, 0.3) is 0 Å². The minimum Gasteiger partial charge on any atom is -0.394 e. The fourth-order valence-corrected chi connectivity index (χ4v) is 2.70. The summed E-state index contributed by atoms with van der Waals surface area (Å²) in [5, 5.41) is 27.6. The highest BCUT2D eigenvalue weighted by Gasteiger charge is 2.10. The van der Waals surface area contributed by atoms with Crippen molar-refractivity contribution in [1.29, 1.82) is 0 Å². The molecule has 3 nitrogen and oxygen atoms in total. The number of aliphatic hydroxyl groups is 3. The van der Waals surface area contributed by atoms with Crippen molar-refractivity contribution in [3.8, 4) is 0 Å². The third-order valence-electron chi connectivity index (χ3n) is 4.24. The molecule has 142 valence electrons. The quantitative estimate of drug-likeness (QED) is 0.260. The van der Waals surface area contributed by atoms with Crippen molar-refractivity contribution in [1.82, 2.24) is 0 Å². The molecule has 0 saturated carbocycles. The molecule has 0 amide bonds. The number of allylic oxidation sites excluding steroid dienone is 4. The van der Waals surface area contributed by atoms with Crippen molar-refractivity contribution < 1.29 is 15.3 Å². The fraction of sp³-hybridized carbons (Fsp3) is 0.810. The Kier molecular flexibility index (Phi) is 18.2. The molecule has 0 radical (unpaired) electrons. The maximum atomic E-state index is 9.67. The molecule has 0 spiro atoms. The minimum absolute atomic E-state index is 0.265. The Balaban J connectivity index is 3.28. The molecule has 2 atom stereocenters. The van der Waals surface area contributed by atoms with E-state index in [1.54, 1.807) is 0 Å². The van der Waals surface area contributed by atoms with Gasteiger partial charge >= 0.3 is 0 Å². The monoisotopic (exact) mass is 340 g/mol. The highest BCUT2D eigenvalue weighted by Crippen LogP contribution is 2.11. The second-order valence-corrected chi connectivity index (χ2v) is 6.75. The summed E-state index contributed by atoms with van der Waals surface area (Å²) >= 11 is 0. The molecular formula is C21H40O3. The molecule has 0 saturated heterocycles. The van der Waals surface area contributed by atoms with Crippen molar-refractivity contribution in [2.45, 2.75) is 103 Å². The summed E-state index contributed by atoms with van der Waals surface area (Å²) in [6, 6.07) is 0. The van der Waals surface area contributed by atoms with Crippen LogP contribution in [-0.4, -0.2) is 34.1 Å². The van der Waals surface area contributed by atoms with Crippen LogP contribution in [0.3, 0.4) is 0 Å². The van der Waals surface area contributed by atoms with Crippen LogP contribution in [-0.2, 0) is 0 Å². The first-order valence-electron chi connectivity index (χ1n) is 9.97. The van der Waals surface area contributed by atoms with Gasteiger partial charge in [-0.25, -0.2) is 0 Å². The van der Waals surface area contributed by atoms with E-state index < -0.39 is 12.2 Å². The van der Waals surface area contributed by atoms with Gasteiger partial charge in [0.2, 0.25) is 0 Å². The van der Waals surface area contributed by atoms with E-state index >= 15 is 0 Å². The van der Waals surface area contributed by atoms with Gasteiger partial charge in [0.05, 0.1) is 18.8 Å². The van der Waals surface area contributed by atoms with Crippen LogP contribution in [0.5, 0.6) is 0 Å². The zero-order valence-corrected chi connectivity index (χ0v) is 15.7. The Labute approximate surface area is 149 Å². The molecule has 0 aliphatic rings. The molecule has 0 aliphatic heterocycles. The third kappa shape index (κ3) is 17.7. The largest absolute Gasteiger partial charge is 0.394 e. The lowest BCUT2D eigenvalue weighted by molar-refractivity contribution is 0.0380. The van der Waals surface area contributed by atoms with Gasteiger partial charge in [0.15, 0.2) is 0 Å². The van der Waals surface area contributed by atoms with Crippen molar-refractivity contribution in [2.24, 2.45) is 0 Å². The van der Waals surface area contributed by atoms with E-state index in [2.05, 4.69) is 31.2 Å². The molecule has 0 aliphatic carbocycles. The Bertz CT molecular complexity index is 299. The van der Waals surface area contributed by atoms with Gasteiger partial charge in [-0.05, 0) is 38.5 Å². The van der Waals surface area contributed by atoms with Gasteiger partial charge in [-0.15, -0.1) is 0 Å². The van der Waals surface area contributed by atoms with Crippen molar-refractivity contribution in [2.75, 3.05) is 6.61 Å². The van der Waals surface area contributed by atoms with Gasteiger partial charge in [-0.3, -0.25) is 0 Å². The Morgan fingerprint density at radius 1 is 0.708 bits per heavy atom. The minimum atomic E-state index is -0.780. The van der Waals surface area contributed by atoms with Gasteiger partial charge in [0.1, 0.15) is 0 Å². The first-order valence-corrected chi connectivity index (χ1v) is 9.97. The molecule has 0 aromatic heterocycles. The van der Waals surface area contributed by atoms with Crippen LogP contribution in [0.4, 0.5) is 0 Å². The van der Waals surface area contributed by atoms with E-state index in [1.807, 2.05) is 0 Å². The second-order valence-electron chi connectivity index (χ2n) is 6.75. The van der Waals surface area contributed by atoms with Crippen LogP contribution in [0, 0.1) is 0 Å². The molecule has 3 N–H and O–H groups in total. The molecule has 0 fully saturated rings. The van der Waals surface area contributed by atoms with Crippen molar-refractivity contribution >= 4 is 0 Å². The van der Waals surface area contributed by atoms with E-state index in [4.69, 9.17) is 5.11 Å². The predicted octanol–water partition coefficient (Wildman–Crippen LogP) is 4.90. The Morgan fingerprint density at radius 2 is 1.29 bits per heavy atom. The molecule has 3 heteroatoms. The van der Waals surface area contributed by atoms with Crippen LogP contribution in [0.1, 0.15) is 90.4 Å². The van der Waals surface area contributed by atoms with Gasteiger partial charge in [-0.1, -0.05) is 69.8 Å². The van der Waals surface area contributed by atoms with Gasteiger partial charge in [-0.2, -0.15) is 0 Å². The normalized spacial score (nSPS) is 14.7. The summed E-state index contributed by atoms with van der Waals surface area (Å²) in [5.41, 5.74) is 0. The van der Waals surface area contributed by atoms with Crippen LogP contribution < -0.4 is 0 Å². The zero-order chi connectivity index (χ0) is 17.9. The Morgan fingerprint density at radius 3 is 1.92 bits per heavy atom. The molecular weight excluding hydrogens is 300 g/mol. The summed E-state index contributed by atoms with van der Waals surface area (Å²) < 4.78 is 0. The summed E-state index contributed by atoms with van der Waals surface area (Å²) in [5.74, 6) is 0. The predicted molar refractivity (Wildman–Crippen MR) is 103 cm³/mol. The van der Waals surface area contributed by atoms with Crippen LogP contribution in [0.15, 0.2) is 24.3 Å². The van der Waals surface area contributed by atoms with E-state index in [9.17, 15) is 10.2 Å². The molecule has 0 heterocycles. The zero-order valence-electron chi connectivity index (χ0n) is 15.7. The van der Waals surface area contributed by atoms with Gasteiger partial charge in [0, 0.05) is 6.42 Å². The number of hydrogen-bond donors (Lipinski definition) is 3. The van der Waals surface area contributed by atoms with Crippen LogP contribution >= 0.6 is 0 Å². The SMILES string of the molecule is CCCCCC=CCC=CCCCCCCC[C@@H](O)C[C@@H](O)CO. The smallest absolute Gasteiger partial charge is 0.0795 e. The summed E-state index contributed by atoms with van der Waals surface area (Å²) in [7, 11) is 0. The van der Waals surface area contributed by atoms with Crippen molar-refractivity contribution in [3.63, 3.8) is 0 Å². The third-order valence-corrected chi connectivity index (χ3v) is 4.24. The lowest BCUT2D eigenvalue weighted by atomic mass is 10.0. The summed E-state index contributed by atoms with van der Waals surface area (Å²) in [6.45, 7) is 1.97. The average molecular weight is 341 g/mol. The Hall–Kier alpha value is -0.640. The molecule has 0 bridgehead atoms. The van der Waals surface area contributed by atoms with E-state index in [1.165, 1.54) is 44.9 Å². The van der Waals surface area contributed by atoms with Crippen LogP contribution in [0.2, 0.25) is 0 Å². The number of aliphatic hydroxyl groups excluding tert-OH is 3. The molecule has 0 rings (SSSR count). The van der Waals surface area contributed by atoms with E-state index in [0.29, 0.717) is 0 Å². The summed E-state index contributed by atoms with van der Waals surface area (Å²) in [6.07, 6.45) is 22.1. The lowest BCUT2D eigenvalue weighted by Crippen LogP contribution is -2.20. The van der Waals surface area contributed by atoms with Crippen molar-refractivity contribution in [3.05, 3.63) is 24.3 Å². The number of unbranched alkanes of at least 4 members (excludes halogenated alkanes) is 8. The molecule has 0 unspecified atom stereocenters. The first-order chi connectivity index (χ1) is 11.7.